The number of nitrogens with zero attached hydrogens (tertiary/aromatic N) is 1. The molecule has 0 saturated heterocycles. The summed E-state index contributed by atoms with van der Waals surface area (Å²) in [5, 5.41) is 12.4. The Morgan fingerprint density at radius 1 is 1.06 bits per heavy atom. The Bertz CT molecular complexity index is 1250. The Morgan fingerprint density at radius 2 is 1.76 bits per heavy atom. The Morgan fingerprint density at radius 3 is 2.38 bits per heavy atom. The lowest BCUT2D eigenvalue weighted by Gasteiger charge is -2.13. The molecular weight excluding hydrogens is 456 g/mol. The fraction of sp³-hybridized carbons (Fsp3) is 0.115. The molecular formula is C26H21ClN2O5. The average Bonchev–Trinajstić information content (AvgIpc) is 2.86. The number of hydrogen-bond donors (Lipinski definition) is 1. The zero-order valence-corrected chi connectivity index (χ0v) is 19.3. The van der Waals surface area contributed by atoms with E-state index in [2.05, 4.69) is 10.1 Å². The van der Waals surface area contributed by atoms with Crippen LogP contribution < -0.4 is 14.8 Å². The summed E-state index contributed by atoms with van der Waals surface area (Å²) in [6.45, 7) is 0.298. The van der Waals surface area contributed by atoms with Gasteiger partial charge in [-0.2, -0.15) is 5.26 Å². The zero-order chi connectivity index (χ0) is 24.5. The number of amides is 1. The summed E-state index contributed by atoms with van der Waals surface area (Å²) in [6, 6.07) is 20.8. The lowest BCUT2D eigenvalue weighted by molar-refractivity contribution is -0.112. The van der Waals surface area contributed by atoms with Crippen molar-refractivity contribution in [1.29, 1.82) is 5.26 Å². The number of nitriles is 1. The van der Waals surface area contributed by atoms with Gasteiger partial charge >= 0.3 is 5.97 Å². The second-order valence-electron chi connectivity index (χ2n) is 7.00. The van der Waals surface area contributed by atoms with Crippen molar-refractivity contribution in [1.82, 2.24) is 0 Å². The van der Waals surface area contributed by atoms with Gasteiger partial charge in [0.1, 0.15) is 18.2 Å². The SMILES string of the molecule is COC(=O)c1ccc(NC(=O)/C(C#N)=C/c2cc(Cl)c(OCc3ccccc3)c(OC)c2)cc1. The maximum atomic E-state index is 12.6. The van der Waals surface area contributed by atoms with E-state index in [1.165, 1.54) is 44.6 Å². The molecule has 0 aliphatic carbocycles. The third kappa shape index (κ3) is 6.15. The molecule has 0 fully saturated rings. The van der Waals surface area contributed by atoms with E-state index in [0.29, 0.717) is 34.9 Å². The van der Waals surface area contributed by atoms with Crippen molar-refractivity contribution in [2.75, 3.05) is 19.5 Å². The van der Waals surface area contributed by atoms with Gasteiger partial charge in [0.25, 0.3) is 5.91 Å². The van der Waals surface area contributed by atoms with E-state index in [4.69, 9.17) is 21.1 Å². The van der Waals surface area contributed by atoms with Crippen LogP contribution in [0.25, 0.3) is 6.08 Å². The second kappa shape index (κ2) is 11.5. The number of nitrogens with one attached hydrogen (secondary N) is 1. The van der Waals surface area contributed by atoms with Gasteiger partial charge in [0.05, 0.1) is 24.8 Å². The Labute approximate surface area is 202 Å². The fourth-order valence-electron chi connectivity index (χ4n) is 3.01. The van der Waals surface area contributed by atoms with Gasteiger partial charge in [-0.25, -0.2) is 4.79 Å². The number of carbonyl (C=O) groups is 2. The maximum Gasteiger partial charge on any atom is 0.337 e. The molecule has 0 aromatic heterocycles. The molecule has 8 heteroatoms. The molecule has 0 atom stereocenters. The van der Waals surface area contributed by atoms with E-state index in [9.17, 15) is 14.9 Å². The lowest BCUT2D eigenvalue weighted by atomic mass is 10.1. The van der Waals surface area contributed by atoms with Crippen molar-refractivity contribution < 1.29 is 23.8 Å². The van der Waals surface area contributed by atoms with E-state index >= 15 is 0 Å². The minimum Gasteiger partial charge on any atom is -0.493 e. The predicted molar refractivity (Wildman–Crippen MR) is 129 cm³/mol. The molecule has 1 amide bonds. The molecule has 0 aliphatic rings. The smallest absolute Gasteiger partial charge is 0.337 e. The number of esters is 1. The predicted octanol–water partition coefficient (Wildman–Crippen LogP) is 5.26. The number of ether oxygens (including phenoxy) is 3. The molecule has 0 saturated carbocycles. The standard InChI is InChI=1S/C26H21ClN2O5/c1-32-23-14-18(13-22(27)24(23)34-16-17-6-4-3-5-7-17)12-20(15-28)25(30)29-21-10-8-19(9-11-21)26(31)33-2/h3-14H,16H2,1-2H3,(H,29,30)/b20-12+. The highest BCUT2D eigenvalue weighted by Crippen LogP contribution is 2.37. The summed E-state index contributed by atoms with van der Waals surface area (Å²) in [4.78, 5) is 24.1. The van der Waals surface area contributed by atoms with Crippen molar-refractivity contribution >= 4 is 35.2 Å². The molecule has 34 heavy (non-hydrogen) atoms. The van der Waals surface area contributed by atoms with Crippen LogP contribution in [0.15, 0.2) is 72.3 Å². The number of hydrogen-bond acceptors (Lipinski definition) is 6. The van der Waals surface area contributed by atoms with Gasteiger partial charge in [-0.3, -0.25) is 4.79 Å². The van der Waals surface area contributed by atoms with Crippen LogP contribution in [-0.4, -0.2) is 26.1 Å². The van der Waals surface area contributed by atoms with Gasteiger partial charge in [-0.05, 0) is 53.6 Å². The Hall–Kier alpha value is -4.28. The van der Waals surface area contributed by atoms with Crippen LogP contribution in [0, 0.1) is 11.3 Å². The van der Waals surface area contributed by atoms with E-state index in [-0.39, 0.29) is 10.6 Å². The number of benzene rings is 3. The molecule has 172 valence electrons. The van der Waals surface area contributed by atoms with Gasteiger partial charge < -0.3 is 19.5 Å². The summed E-state index contributed by atoms with van der Waals surface area (Å²) in [6.07, 6.45) is 1.40. The molecule has 3 aromatic rings. The normalized spacial score (nSPS) is 10.7. The van der Waals surface area contributed by atoms with Crippen LogP contribution in [0.5, 0.6) is 11.5 Å². The van der Waals surface area contributed by atoms with E-state index in [1.54, 1.807) is 12.1 Å². The number of anilines is 1. The molecule has 7 nitrogen and oxygen atoms in total. The molecule has 0 heterocycles. The zero-order valence-electron chi connectivity index (χ0n) is 18.5. The van der Waals surface area contributed by atoms with Gasteiger partial charge in [0.15, 0.2) is 11.5 Å². The van der Waals surface area contributed by atoms with Crippen LogP contribution >= 0.6 is 11.6 Å². The minimum atomic E-state index is -0.618. The highest BCUT2D eigenvalue weighted by Gasteiger charge is 2.15. The summed E-state index contributed by atoms with van der Waals surface area (Å²) in [5.74, 6) is -0.380. The van der Waals surface area contributed by atoms with Gasteiger partial charge in [-0.1, -0.05) is 41.9 Å². The molecule has 0 spiro atoms. The summed E-state index contributed by atoms with van der Waals surface area (Å²) in [5.41, 5.74) is 2.06. The van der Waals surface area contributed by atoms with Crippen molar-refractivity contribution in [3.8, 4) is 17.6 Å². The first kappa shape index (κ1) is 24.4. The van der Waals surface area contributed by atoms with E-state index in [0.717, 1.165) is 5.56 Å². The van der Waals surface area contributed by atoms with Gasteiger partial charge in [-0.15, -0.1) is 0 Å². The van der Waals surface area contributed by atoms with E-state index < -0.39 is 11.9 Å². The monoisotopic (exact) mass is 476 g/mol. The van der Waals surface area contributed by atoms with Crippen LogP contribution in [-0.2, 0) is 16.1 Å². The fourth-order valence-corrected chi connectivity index (χ4v) is 3.29. The highest BCUT2D eigenvalue weighted by atomic mass is 35.5. The van der Waals surface area contributed by atoms with Crippen molar-refractivity contribution in [3.05, 3.63) is 94.0 Å². The summed E-state index contributed by atoms with van der Waals surface area (Å²) < 4.78 is 15.9. The largest absolute Gasteiger partial charge is 0.493 e. The van der Waals surface area contributed by atoms with Crippen LogP contribution in [0.1, 0.15) is 21.5 Å². The Balaban J connectivity index is 1.78. The highest BCUT2D eigenvalue weighted by molar-refractivity contribution is 6.32. The molecule has 3 rings (SSSR count). The summed E-state index contributed by atoms with van der Waals surface area (Å²) in [7, 11) is 2.76. The van der Waals surface area contributed by atoms with Crippen LogP contribution in [0.2, 0.25) is 5.02 Å². The number of rotatable bonds is 8. The van der Waals surface area contributed by atoms with Crippen LogP contribution in [0.4, 0.5) is 5.69 Å². The van der Waals surface area contributed by atoms with Crippen molar-refractivity contribution in [2.24, 2.45) is 0 Å². The lowest BCUT2D eigenvalue weighted by Crippen LogP contribution is -2.13. The number of carbonyl (C=O) groups excluding carboxylic acids is 2. The molecule has 0 bridgehead atoms. The first-order valence-corrected chi connectivity index (χ1v) is 10.5. The molecule has 0 aliphatic heterocycles. The molecule has 0 radical (unpaired) electrons. The van der Waals surface area contributed by atoms with Crippen LogP contribution in [0.3, 0.4) is 0 Å². The van der Waals surface area contributed by atoms with Crippen molar-refractivity contribution in [3.63, 3.8) is 0 Å². The summed E-state index contributed by atoms with van der Waals surface area (Å²) >= 11 is 6.41. The van der Waals surface area contributed by atoms with Crippen molar-refractivity contribution in [2.45, 2.75) is 6.61 Å². The first-order valence-electron chi connectivity index (χ1n) is 10.1. The van der Waals surface area contributed by atoms with E-state index in [1.807, 2.05) is 36.4 Å². The quantitative estimate of drug-likeness (QED) is 0.270. The van der Waals surface area contributed by atoms with Gasteiger partial charge in [0, 0.05) is 5.69 Å². The third-order valence-corrected chi connectivity index (χ3v) is 5.00. The topological polar surface area (TPSA) is 97.7 Å². The average molecular weight is 477 g/mol. The molecule has 0 unspecified atom stereocenters. The molecule has 1 N–H and O–H groups in total. The second-order valence-corrected chi connectivity index (χ2v) is 7.41. The number of methoxy groups -OCH3 is 2. The third-order valence-electron chi connectivity index (χ3n) is 4.72. The minimum absolute atomic E-state index is 0.145. The first-order chi connectivity index (χ1) is 16.4. The van der Waals surface area contributed by atoms with Gasteiger partial charge in [0.2, 0.25) is 0 Å². The Kier molecular flexibility index (Phi) is 8.27. The molecule has 3 aromatic carbocycles. The number of halogens is 1. The maximum absolute atomic E-state index is 12.6.